The summed E-state index contributed by atoms with van der Waals surface area (Å²) < 4.78 is 4.47. The van der Waals surface area contributed by atoms with Gasteiger partial charge in [-0.3, -0.25) is 0 Å². The molecule has 0 spiro atoms. The summed E-state index contributed by atoms with van der Waals surface area (Å²) >= 11 is 0. The molecular weight excluding hydrogens is 206 g/mol. The molecule has 0 unspecified atom stereocenters. The average Bonchev–Trinajstić information content (AvgIpc) is 2.16. The number of rotatable bonds is 2. The number of ether oxygens (including phenoxy) is 1. The summed E-state index contributed by atoms with van der Waals surface area (Å²) in [6.07, 6.45) is 0. The molecule has 0 atom stereocenters. The molecule has 0 aromatic heterocycles. The van der Waals surface area contributed by atoms with Crippen LogP contribution in [0.3, 0.4) is 0 Å². The fraction of sp³-hybridized carbons (Fsp3) is 0.125. The molecule has 0 saturated carbocycles. The van der Waals surface area contributed by atoms with Crippen molar-refractivity contribution in [3.05, 3.63) is 29.8 Å². The van der Waals surface area contributed by atoms with Crippen LogP contribution in [0.25, 0.3) is 0 Å². The molecule has 76 valence electrons. The number of halogens is 1. The second kappa shape index (κ2) is 5.64. The van der Waals surface area contributed by atoms with Crippen molar-refractivity contribution < 1.29 is 19.6 Å². The molecule has 2 N–H and O–H groups in total. The molecule has 0 amide bonds. The first-order valence-electron chi connectivity index (χ1n) is 3.70. The average molecular weight is 216 g/mol. The Morgan fingerprint density at radius 2 is 1.93 bits per heavy atom. The number of carbonyl (C=O) groups is 1. The van der Waals surface area contributed by atoms with E-state index in [1.807, 2.05) is 0 Å². The van der Waals surface area contributed by atoms with Gasteiger partial charge < -0.3 is 14.8 Å². The highest BCUT2D eigenvalue weighted by atomic mass is 35.5. The van der Waals surface area contributed by atoms with Crippen LogP contribution in [-0.2, 0) is 4.74 Å². The van der Waals surface area contributed by atoms with Crippen LogP contribution < -0.4 is 5.46 Å². The van der Waals surface area contributed by atoms with Gasteiger partial charge in [-0.15, -0.1) is 12.4 Å². The van der Waals surface area contributed by atoms with Crippen molar-refractivity contribution in [1.29, 1.82) is 0 Å². The highest BCUT2D eigenvalue weighted by Crippen LogP contribution is 1.98. The van der Waals surface area contributed by atoms with Crippen molar-refractivity contribution in [3.8, 4) is 0 Å². The van der Waals surface area contributed by atoms with Crippen LogP contribution in [0.2, 0.25) is 0 Å². The summed E-state index contributed by atoms with van der Waals surface area (Å²) in [6, 6.07) is 6.16. The lowest BCUT2D eigenvalue weighted by molar-refractivity contribution is 0.0601. The van der Waals surface area contributed by atoms with Crippen LogP contribution in [0.1, 0.15) is 10.4 Å². The maximum atomic E-state index is 11.1. The van der Waals surface area contributed by atoms with E-state index < -0.39 is 13.1 Å². The minimum absolute atomic E-state index is 0. The van der Waals surface area contributed by atoms with Gasteiger partial charge in [-0.1, -0.05) is 18.2 Å². The number of hydrogen-bond acceptors (Lipinski definition) is 4. The lowest BCUT2D eigenvalue weighted by atomic mass is 9.77. The van der Waals surface area contributed by atoms with Gasteiger partial charge in [0.1, 0.15) is 0 Å². The van der Waals surface area contributed by atoms with Crippen molar-refractivity contribution in [3.63, 3.8) is 0 Å². The van der Waals surface area contributed by atoms with Crippen molar-refractivity contribution in [2.45, 2.75) is 0 Å². The molecule has 6 heteroatoms. The predicted molar refractivity (Wildman–Crippen MR) is 54.9 cm³/mol. The Balaban J connectivity index is 0.00000169. The Hall–Kier alpha value is -1.04. The molecule has 1 rings (SSSR count). The van der Waals surface area contributed by atoms with E-state index in [-0.39, 0.29) is 23.4 Å². The normalized spacial score (nSPS) is 8.79. The molecule has 4 nitrogen and oxygen atoms in total. The number of esters is 1. The van der Waals surface area contributed by atoms with E-state index in [1.54, 1.807) is 12.1 Å². The Bertz CT molecular complexity index is 316. The topological polar surface area (TPSA) is 66.8 Å². The summed E-state index contributed by atoms with van der Waals surface area (Å²) in [4.78, 5) is 11.1. The first kappa shape index (κ1) is 13.0. The molecule has 0 aliphatic rings. The lowest BCUT2D eigenvalue weighted by Crippen LogP contribution is -2.34. The molecule has 0 bridgehead atoms. The van der Waals surface area contributed by atoms with Crippen molar-refractivity contribution in [1.82, 2.24) is 0 Å². The van der Waals surface area contributed by atoms with Gasteiger partial charge in [0.15, 0.2) is 0 Å². The highest BCUT2D eigenvalue weighted by molar-refractivity contribution is 6.60. The fourth-order valence-electron chi connectivity index (χ4n) is 1.02. The first-order chi connectivity index (χ1) is 6.16. The lowest BCUT2D eigenvalue weighted by Gasteiger charge is -2.05. The van der Waals surface area contributed by atoms with E-state index in [9.17, 15) is 4.79 Å². The van der Waals surface area contributed by atoms with E-state index in [0.717, 1.165) is 0 Å². The Morgan fingerprint density at radius 3 is 2.43 bits per heavy atom. The highest BCUT2D eigenvalue weighted by Gasteiger charge is 2.19. The van der Waals surface area contributed by atoms with Crippen molar-refractivity contribution >= 4 is 31.0 Å². The molecule has 0 fully saturated rings. The van der Waals surface area contributed by atoms with Crippen LogP contribution in [0.15, 0.2) is 24.3 Å². The van der Waals surface area contributed by atoms with E-state index >= 15 is 0 Å². The summed E-state index contributed by atoms with van der Waals surface area (Å²) in [6.45, 7) is 0. The Kier molecular flexibility index (Phi) is 5.23. The van der Waals surface area contributed by atoms with Crippen molar-refractivity contribution in [2.24, 2.45) is 0 Å². The first-order valence-corrected chi connectivity index (χ1v) is 3.70. The van der Waals surface area contributed by atoms with Gasteiger partial charge in [-0.2, -0.15) is 0 Å². The number of carbonyl (C=O) groups excluding carboxylic acids is 1. The third-order valence-corrected chi connectivity index (χ3v) is 1.64. The number of methoxy groups -OCH3 is 1. The van der Waals surface area contributed by atoms with Crippen LogP contribution in [-0.4, -0.2) is 30.2 Å². The maximum Gasteiger partial charge on any atom is 0.489 e. The Labute approximate surface area is 88.1 Å². The van der Waals surface area contributed by atoms with E-state index in [0.29, 0.717) is 0 Å². The molecule has 1 aromatic rings. The Morgan fingerprint density at radius 1 is 1.36 bits per heavy atom. The molecule has 0 radical (unpaired) electrons. The van der Waals surface area contributed by atoms with Crippen molar-refractivity contribution in [2.75, 3.05) is 7.11 Å². The van der Waals surface area contributed by atoms with E-state index in [1.165, 1.54) is 19.2 Å². The molecule has 0 saturated heterocycles. The van der Waals surface area contributed by atoms with Gasteiger partial charge >= 0.3 is 13.1 Å². The summed E-state index contributed by atoms with van der Waals surface area (Å²) in [7, 11) is -0.418. The van der Waals surface area contributed by atoms with E-state index in [2.05, 4.69) is 4.74 Å². The quantitative estimate of drug-likeness (QED) is 0.520. The van der Waals surface area contributed by atoms with Crippen LogP contribution in [0, 0.1) is 0 Å². The second-order valence-corrected chi connectivity index (χ2v) is 2.45. The van der Waals surface area contributed by atoms with Gasteiger partial charge in [-0.05, 0) is 11.5 Å². The predicted octanol–water partition coefficient (Wildman–Crippen LogP) is -0.425. The third-order valence-electron chi connectivity index (χ3n) is 1.64. The molecule has 14 heavy (non-hydrogen) atoms. The van der Waals surface area contributed by atoms with Gasteiger partial charge in [-0.25, -0.2) is 4.79 Å². The molecule has 0 aliphatic heterocycles. The molecule has 1 aromatic carbocycles. The smallest absolute Gasteiger partial charge is 0.465 e. The number of hydrogen-bond donors (Lipinski definition) is 2. The molecule has 0 heterocycles. The van der Waals surface area contributed by atoms with Crippen LogP contribution >= 0.6 is 12.4 Å². The monoisotopic (exact) mass is 216 g/mol. The molecule has 0 aliphatic carbocycles. The minimum Gasteiger partial charge on any atom is -0.465 e. The van der Waals surface area contributed by atoms with Gasteiger partial charge in [0.05, 0.1) is 12.7 Å². The zero-order valence-electron chi connectivity index (χ0n) is 7.51. The minimum atomic E-state index is -1.66. The zero-order chi connectivity index (χ0) is 9.84. The SMILES string of the molecule is COC(=O)c1ccccc1B(O)O.Cl. The largest absolute Gasteiger partial charge is 0.489 e. The van der Waals surface area contributed by atoms with Gasteiger partial charge in [0, 0.05) is 0 Å². The summed E-state index contributed by atoms with van der Waals surface area (Å²) in [5.74, 6) is -0.580. The van der Waals surface area contributed by atoms with Gasteiger partial charge in [0.25, 0.3) is 0 Å². The van der Waals surface area contributed by atoms with E-state index in [4.69, 9.17) is 10.0 Å². The third kappa shape index (κ3) is 2.73. The maximum absolute atomic E-state index is 11.1. The summed E-state index contributed by atoms with van der Waals surface area (Å²) in [5, 5.41) is 17.8. The fourth-order valence-corrected chi connectivity index (χ4v) is 1.02. The van der Waals surface area contributed by atoms with Crippen LogP contribution in [0.5, 0.6) is 0 Å². The standard InChI is InChI=1S/C8H9BO4.ClH/c1-13-8(10)6-4-2-3-5-7(6)9(11)12;/h2-5,11-12H,1H3;1H. The zero-order valence-corrected chi connectivity index (χ0v) is 8.32. The van der Waals surface area contributed by atoms with Crippen LogP contribution in [0.4, 0.5) is 0 Å². The molecular formula is C8H10BClO4. The van der Waals surface area contributed by atoms with Gasteiger partial charge in [0.2, 0.25) is 0 Å². The number of benzene rings is 1. The summed E-state index contributed by atoms with van der Waals surface area (Å²) in [5.41, 5.74) is 0.314. The second-order valence-electron chi connectivity index (χ2n) is 2.45.